The predicted octanol–water partition coefficient (Wildman–Crippen LogP) is 2.08. The number of ether oxygens (including phenoxy) is 1. The molecule has 0 spiro atoms. The minimum Gasteiger partial charge on any atom is -0.444 e. The van der Waals surface area contributed by atoms with E-state index in [0.717, 1.165) is 12.8 Å². The average molecular weight is 327 g/mol. The van der Waals surface area contributed by atoms with Gasteiger partial charge in [-0.05, 0) is 45.4 Å². The molecule has 1 rings (SSSR count). The van der Waals surface area contributed by atoms with Gasteiger partial charge in [0.2, 0.25) is 5.91 Å². The molecule has 6 nitrogen and oxygen atoms in total. The summed E-state index contributed by atoms with van der Waals surface area (Å²) in [6, 6.07) is -0.467. The van der Waals surface area contributed by atoms with Crippen LogP contribution in [-0.4, -0.2) is 60.1 Å². The Labute approximate surface area is 140 Å². The third kappa shape index (κ3) is 6.37. The molecule has 0 bridgehead atoms. The fraction of sp³-hybridized carbons (Fsp3) is 0.882. The number of carbonyl (C=O) groups excluding carboxylic acids is 2. The molecule has 0 aliphatic carbocycles. The Morgan fingerprint density at radius 3 is 2.48 bits per heavy atom. The van der Waals surface area contributed by atoms with Gasteiger partial charge in [0.05, 0.1) is 6.04 Å². The molecule has 2 N–H and O–H groups in total. The minimum absolute atomic E-state index is 0.0330. The Bertz CT molecular complexity index is 418. The highest BCUT2D eigenvalue weighted by molar-refractivity contribution is 5.81. The molecule has 1 fully saturated rings. The number of piperidine rings is 1. The number of likely N-dealkylation sites (tertiary alicyclic amines) is 1. The molecular weight excluding hydrogens is 294 g/mol. The maximum Gasteiger partial charge on any atom is 0.410 e. The van der Waals surface area contributed by atoms with Gasteiger partial charge in [0, 0.05) is 26.7 Å². The quantitative estimate of drug-likeness (QED) is 0.857. The lowest BCUT2D eigenvalue weighted by Gasteiger charge is -2.36. The molecule has 1 heterocycles. The molecule has 1 unspecified atom stereocenters. The zero-order valence-electron chi connectivity index (χ0n) is 15.5. The maximum atomic E-state index is 12.3. The Hall–Kier alpha value is -1.30. The van der Waals surface area contributed by atoms with Crippen LogP contribution in [0.15, 0.2) is 0 Å². The van der Waals surface area contributed by atoms with Crippen LogP contribution in [0.5, 0.6) is 0 Å². The number of likely N-dealkylation sites (N-methyl/N-ethyl adjacent to an activating group) is 1. The Morgan fingerprint density at radius 1 is 1.35 bits per heavy atom. The van der Waals surface area contributed by atoms with Gasteiger partial charge in [0.1, 0.15) is 5.60 Å². The molecule has 23 heavy (non-hydrogen) atoms. The van der Waals surface area contributed by atoms with E-state index in [1.54, 1.807) is 16.8 Å². The fourth-order valence-electron chi connectivity index (χ4n) is 2.72. The highest BCUT2D eigenvalue weighted by Crippen LogP contribution is 2.20. The van der Waals surface area contributed by atoms with Crippen molar-refractivity contribution in [3.05, 3.63) is 0 Å². The maximum absolute atomic E-state index is 12.3. The molecular formula is C17H33N3O3. The molecule has 0 aromatic rings. The minimum atomic E-state index is -0.485. The van der Waals surface area contributed by atoms with Crippen molar-refractivity contribution in [3.63, 3.8) is 0 Å². The lowest BCUT2D eigenvalue weighted by Crippen LogP contribution is -2.49. The first-order chi connectivity index (χ1) is 10.5. The van der Waals surface area contributed by atoms with Gasteiger partial charge in [-0.15, -0.1) is 0 Å². The molecule has 2 amide bonds. The van der Waals surface area contributed by atoms with Gasteiger partial charge in [-0.25, -0.2) is 4.79 Å². The molecule has 0 saturated carbocycles. The summed E-state index contributed by atoms with van der Waals surface area (Å²) in [4.78, 5) is 27.9. The first-order valence-corrected chi connectivity index (χ1v) is 8.49. The van der Waals surface area contributed by atoms with E-state index in [-0.39, 0.29) is 23.8 Å². The van der Waals surface area contributed by atoms with E-state index in [1.807, 2.05) is 34.6 Å². The summed E-state index contributed by atoms with van der Waals surface area (Å²) >= 11 is 0. The van der Waals surface area contributed by atoms with Crippen LogP contribution in [-0.2, 0) is 9.53 Å². The zero-order chi connectivity index (χ0) is 17.8. The molecule has 1 aliphatic rings. The van der Waals surface area contributed by atoms with Gasteiger partial charge in [-0.1, -0.05) is 13.8 Å². The normalized spacial score (nSPS) is 20.3. The van der Waals surface area contributed by atoms with Crippen molar-refractivity contribution in [2.75, 3.05) is 26.7 Å². The average Bonchev–Trinajstić information content (AvgIpc) is 2.44. The molecule has 6 heteroatoms. The van der Waals surface area contributed by atoms with Gasteiger partial charge in [0.25, 0.3) is 0 Å². The van der Waals surface area contributed by atoms with Crippen LogP contribution in [0.2, 0.25) is 0 Å². The van der Waals surface area contributed by atoms with Gasteiger partial charge < -0.3 is 20.3 Å². The van der Waals surface area contributed by atoms with E-state index in [9.17, 15) is 9.59 Å². The summed E-state index contributed by atoms with van der Waals surface area (Å²) < 4.78 is 5.43. The highest BCUT2D eigenvalue weighted by atomic mass is 16.6. The Kier molecular flexibility index (Phi) is 6.86. The number of hydrogen-bond acceptors (Lipinski definition) is 4. The number of nitrogens with two attached hydrogens (primary N) is 1. The lowest BCUT2D eigenvalue weighted by molar-refractivity contribution is -0.133. The highest BCUT2D eigenvalue weighted by Gasteiger charge is 2.30. The SMILES string of the molecule is CC(C)[C@H](N)C(=O)N(C)CC1CCCN(C(=O)OC(C)(C)C)C1. The summed E-state index contributed by atoms with van der Waals surface area (Å²) in [6.45, 7) is 11.5. The van der Waals surface area contributed by atoms with E-state index in [1.165, 1.54) is 0 Å². The lowest BCUT2D eigenvalue weighted by atomic mass is 9.97. The summed E-state index contributed by atoms with van der Waals surface area (Å²) in [5.41, 5.74) is 5.45. The van der Waals surface area contributed by atoms with Gasteiger partial charge in [-0.2, -0.15) is 0 Å². The van der Waals surface area contributed by atoms with Crippen LogP contribution in [0.1, 0.15) is 47.5 Å². The topological polar surface area (TPSA) is 75.9 Å². The van der Waals surface area contributed by atoms with Crippen LogP contribution in [0.3, 0.4) is 0 Å². The molecule has 0 aromatic heterocycles. The van der Waals surface area contributed by atoms with Gasteiger partial charge in [-0.3, -0.25) is 4.79 Å². The largest absolute Gasteiger partial charge is 0.444 e. The smallest absolute Gasteiger partial charge is 0.410 e. The molecule has 0 radical (unpaired) electrons. The summed E-state index contributed by atoms with van der Waals surface area (Å²) in [6.07, 6.45) is 1.67. The number of amides is 2. The van der Waals surface area contributed by atoms with E-state index in [2.05, 4.69) is 0 Å². The van der Waals surface area contributed by atoms with Gasteiger partial charge >= 0.3 is 6.09 Å². The standard InChI is InChI=1S/C17H33N3O3/c1-12(2)14(18)15(21)19(6)10-13-8-7-9-20(11-13)16(22)23-17(3,4)5/h12-14H,7-11,18H2,1-6H3/t13?,14-/m0/s1. The van der Waals surface area contributed by atoms with Crippen LogP contribution in [0.25, 0.3) is 0 Å². The summed E-state index contributed by atoms with van der Waals surface area (Å²) in [5, 5.41) is 0. The first kappa shape index (κ1) is 19.7. The summed E-state index contributed by atoms with van der Waals surface area (Å²) in [5.74, 6) is 0.355. The van der Waals surface area contributed by atoms with Gasteiger partial charge in [0.15, 0.2) is 0 Å². The fourth-order valence-corrected chi connectivity index (χ4v) is 2.72. The van der Waals surface area contributed by atoms with Crippen molar-refractivity contribution in [1.29, 1.82) is 0 Å². The molecule has 1 saturated heterocycles. The van der Waals surface area contributed by atoms with E-state index in [0.29, 0.717) is 19.6 Å². The van der Waals surface area contributed by atoms with Crippen molar-refractivity contribution in [1.82, 2.24) is 9.80 Å². The van der Waals surface area contributed by atoms with Crippen LogP contribution >= 0.6 is 0 Å². The molecule has 1 aliphatic heterocycles. The third-order valence-electron chi connectivity index (χ3n) is 4.08. The van der Waals surface area contributed by atoms with Crippen LogP contribution in [0, 0.1) is 11.8 Å². The third-order valence-corrected chi connectivity index (χ3v) is 4.08. The second-order valence-corrected chi connectivity index (χ2v) is 7.92. The van der Waals surface area contributed by atoms with Crippen molar-refractivity contribution in [2.24, 2.45) is 17.6 Å². The second-order valence-electron chi connectivity index (χ2n) is 7.92. The van der Waals surface area contributed by atoms with Crippen LogP contribution in [0.4, 0.5) is 4.79 Å². The van der Waals surface area contributed by atoms with Crippen molar-refractivity contribution in [3.8, 4) is 0 Å². The van der Waals surface area contributed by atoms with E-state index >= 15 is 0 Å². The zero-order valence-corrected chi connectivity index (χ0v) is 15.5. The van der Waals surface area contributed by atoms with Crippen LogP contribution < -0.4 is 5.73 Å². The van der Waals surface area contributed by atoms with Crippen molar-refractivity contribution < 1.29 is 14.3 Å². The summed E-state index contributed by atoms with van der Waals surface area (Å²) in [7, 11) is 1.79. The predicted molar refractivity (Wildman–Crippen MR) is 91.0 cm³/mol. The number of hydrogen-bond donors (Lipinski definition) is 1. The molecule has 2 atom stereocenters. The number of rotatable bonds is 4. The monoisotopic (exact) mass is 327 g/mol. The molecule has 134 valence electrons. The van der Waals surface area contributed by atoms with E-state index in [4.69, 9.17) is 10.5 Å². The molecule has 0 aromatic carbocycles. The second kappa shape index (κ2) is 7.99. The van der Waals surface area contributed by atoms with Crippen molar-refractivity contribution >= 4 is 12.0 Å². The Morgan fingerprint density at radius 2 is 1.96 bits per heavy atom. The number of nitrogens with zero attached hydrogens (tertiary/aromatic N) is 2. The first-order valence-electron chi connectivity index (χ1n) is 8.49. The number of carbonyl (C=O) groups is 2. The Balaban J connectivity index is 2.55. The van der Waals surface area contributed by atoms with E-state index < -0.39 is 11.6 Å². The van der Waals surface area contributed by atoms with Crippen molar-refractivity contribution in [2.45, 2.75) is 59.1 Å².